The molecule has 2 bridgehead atoms. The number of anilines is 1. The van der Waals surface area contributed by atoms with Gasteiger partial charge in [-0.2, -0.15) is 0 Å². The number of rotatable bonds is 3. The number of fused-ring (bicyclic) bond motifs is 3. The lowest BCUT2D eigenvalue weighted by Crippen LogP contribution is -2.42. The molecule has 1 amide bonds. The smallest absolute Gasteiger partial charge is 0.228 e. The van der Waals surface area contributed by atoms with Gasteiger partial charge in [0.05, 0.1) is 5.92 Å². The van der Waals surface area contributed by atoms with E-state index in [1.54, 1.807) is 0 Å². The molecule has 4 nitrogen and oxygen atoms in total. The summed E-state index contributed by atoms with van der Waals surface area (Å²) in [6, 6.07) is 13.5. The van der Waals surface area contributed by atoms with Gasteiger partial charge in [-0.1, -0.05) is 48.6 Å². The highest BCUT2D eigenvalue weighted by atomic mass is 16.4. The maximum Gasteiger partial charge on any atom is 0.228 e. The zero-order chi connectivity index (χ0) is 16.0. The predicted molar refractivity (Wildman–Crippen MR) is 85.3 cm³/mol. The molecule has 4 atom stereocenters. The number of benzene rings is 2. The van der Waals surface area contributed by atoms with Crippen molar-refractivity contribution in [2.24, 2.45) is 23.7 Å². The van der Waals surface area contributed by atoms with Crippen molar-refractivity contribution in [3.05, 3.63) is 54.6 Å². The van der Waals surface area contributed by atoms with Crippen LogP contribution in [0, 0.1) is 23.7 Å². The van der Waals surface area contributed by atoms with Crippen LogP contribution in [-0.2, 0) is 9.59 Å². The van der Waals surface area contributed by atoms with Gasteiger partial charge < -0.3 is 15.2 Å². The van der Waals surface area contributed by atoms with Crippen molar-refractivity contribution in [1.29, 1.82) is 0 Å². The molecule has 116 valence electrons. The predicted octanol–water partition coefficient (Wildman–Crippen LogP) is 1.97. The summed E-state index contributed by atoms with van der Waals surface area (Å²) in [6.07, 6.45) is 4.61. The highest BCUT2D eigenvalue weighted by Crippen LogP contribution is 2.48. The van der Waals surface area contributed by atoms with Crippen LogP contribution in [0.4, 0.5) is 5.69 Å². The van der Waals surface area contributed by atoms with Gasteiger partial charge in [-0.05, 0) is 29.7 Å². The number of carbonyl (C=O) groups is 2. The summed E-state index contributed by atoms with van der Waals surface area (Å²) in [6.45, 7) is 0. The Morgan fingerprint density at radius 1 is 0.957 bits per heavy atom. The molecular weight excluding hydrogens is 290 g/mol. The van der Waals surface area contributed by atoms with Crippen LogP contribution in [0.1, 0.15) is 6.42 Å². The summed E-state index contributed by atoms with van der Waals surface area (Å²) in [5, 5.41) is 16.4. The van der Waals surface area contributed by atoms with Crippen LogP contribution < -0.4 is 10.4 Å². The molecule has 2 aromatic rings. The molecule has 4 heteroatoms. The van der Waals surface area contributed by atoms with Gasteiger partial charge in [0.25, 0.3) is 0 Å². The summed E-state index contributed by atoms with van der Waals surface area (Å²) in [7, 11) is 0. The van der Waals surface area contributed by atoms with Gasteiger partial charge in [-0.25, -0.2) is 0 Å². The Morgan fingerprint density at radius 2 is 1.65 bits per heavy atom. The van der Waals surface area contributed by atoms with E-state index >= 15 is 0 Å². The Bertz CT molecular complexity index is 821. The summed E-state index contributed by atoms with van der Waals surface area (Å²) in [5.41, 5.74) is 0.719. The molecule has 0 unspecified atom stereocenters. The Morgan fingerprint density at radius 3 is 2.43 bits per heavy atom. The van der Waals surface area contributed by atoms with Crippen molar-refractivity contribution in [3.8, 4) is 0 Å². The monoisotopic (exact) mass is 306 g/mol. The van der Waals surface area contributed by atoms with E-state index in [2.05, 4.69) is 5.32 Å². The second-order valence-electron chi connectivity index (χ2n) is 6.33. The van der Waals surface area contributed by atoms with Crippen molar-refractivity contribution < 1.29 is 14.7 Å². The largest absolute Gasteiger partial charge is 0.550 e. The molecule has 2 aliphatic carbocycles. The number of carboxylic acid groups (broad SMARTS) is 1. The highest BCUT2D eigenvalue weighted by molar-refractivity contribution is 6.04. The first kappa shape index (κ1) is 14.0. The van der Waals surface area contributed by atoms with Crippen LogP contribution in [0.25, 0.3) is 10.8 Å². The molecule has 0 aromatic heterocycles. The first-order valence-electron chi connectivity index (χ1n) is 7.83. The van der Waals surface area contributed by atoms with Gasteiger partial charge in [-0.3, -0.25) is 4.79 Å². The third-order valence-corrected chi connectivity index (χ3v) is 5.08. The molecule has 2 aliphatic rings. The topological polar surface area (TPSA) is 69.2 Å². The van der Waals surface area contributed by atoms with Crippen LogP contribution in [0.2, 0.25) is 0 Å². The first-order valence-corrected chi connectivity index (χ1v) is 7.83. The first-order chi connectivity index (χ1) is 11.1. The van der Waals surface area contributed by atoms with Crippen molar-refractivity contribution in [2.75, 3.05) is 5.32 Å². The maximum absolute atomic E-state index is 12.7. The Labute approximate surface area is 133 Å². The van der Waals surface area contributed by atoms with E-state index in [9.17, 15) is 14.7 Å². The number of aliphatic carboxylic acids is 1. The van der Waals surface area contributed by atoms with E-state index in [0.29, 0.717) is 0 Å². The number of allylic oxidation sites excluding steroid dienone is 2. The average Bonchev–Trinajstić information content (AvgIpc) is 3.16. The molecule has 4 rings (SSSR count). The van der Waals surface area contributed by atoms with Crippen molar-refractivity contribution in [2.45, 2.75) is 6.42 Å². The van der Waals surface area contributed by atoms with E-state index in [4.69, 9.17) is 0 Å². The minimum Gasteiger partial charge on any atom is -0.550 e. The zero-order valence-electron chi connectivity index (χ0n) is 12.4. The van der Waals surface area contributed by atoms with Gasteiger partial charge in [-0.15, -0.1) is 0 Å². The molecular formula is C19H16NO3-. The van der Waals surface area contributed by atoms with E-state index in [1.807, 2.05) is 54.6 Å². The van der Waals surface area contributed by atoms with Gasteiger partial charge in [0, 0.05) is 23.0 Å². The summed E-state index contributed by atoms with van der Waals surface area (Å²) in [5.74, 6) is -2.70. The molecule has 1 fully saturated rings. The quantitative estimate of drug-likeness (QED) is 0.881. The lowest BCUT2D eigenvalue weighted by Gasteiger charge is -2.28. The van der Waals surface area contributed by atoms with E-state index in [-0.39, 0.29) is 17.7 Å². The highest BCUT2D eigenvalue weighted by Gasteiger charge is 2.48. The van der Waals surface area contributed by atoms with Crippen molar-refractivity contribution >= 4 is 28.3 Å². The molecule has 23 heavy (non-hydrogen) atoms. The van der Waals surface area contributed by atoms with Gasteiger partial charge in [0.15, 0.2) is 0 Å². The summed E-state index contributed by atoms with van der Waals surface area (Å²) >= 11 is 0. The fraction of sp³-hybridized carbons (Fsp3) is 0.263. The molecule has 0 radical (unpaired) electrons. The Balaban J connectivity index is 1.65. The molecule has 1 N–H and O–H groups in total. The van der Waals surface area contributed by atoms with Crippen LogP contribution in [-0.4, -0.2) is 11.9 Å². The minimum atomic E-state index is -1.13. The Kier molecular flexibility index (Phi) is 3.18. The van der Waals surface area contributed by atoms with Crippen LogP contribution in [0.5, 0.6) is 0 Å². The lowest BCUT2D eigenvalue weighted by molar-refractivity contribution is -0.313. The van der Waals surface area contributed by atoms with E-state index in [1.165, 1.54) is 0 Å². The van der Waals surface area contributed by atoms with E-state index < -0.39 is 17.8 Å². The van der Waals surface area contributed by atoms with Crippen LogP contribution >= 0.6 is 0 Å². The number of nitrogens with one attached hydrogen (secondary N) is 1. The Hall–Kier alpha value is -2.62. The average molecular weight is 306 g/mol. The zero-order valence-corrected chi connectivity index (χ0v) is 12.4. The fourth-order valence-corrected chi connectivity index (χ4v) is 4.05. The molecule has 0 aliphatic heterocycles. The van der Waals surface area contributed by atoms with Gasteiger partial charge in [0.2, 0.25) is 5.91 Å². The third kappa shape index (κ3) is 2.22. The molecule has 0 heterocycles. The second-order valence-corrected chi connectivity index (χ2v) is 6.33. The molecule has 0 spiro atoms. The van der Waals surface area contributed by atoms with Crippen molar-refractivity contribution in [1.82, 2.24) is 0 Å². The number of carbonyl (C=O) groups excluding carboxylic acids is 2. The van der Waals surface area contributed by atoms with Crippen LogP contribution in [0.15, 0.2) is 54.6 Å². The van der Waals surface area contributed by atoms with Crippen molar-refractivity contribution in [3.63, 3.8) is 0 Å². The summed E-state index contributed by atoms with van der Waals surface area (Å²) in [4.78, 5) is 24.2. The van der Waals surface area contributed by atoms with Crippen LogP contribution in [0.3, 0.4) is 0 Å². The summed E-state index contributed by atoms with van der Waals surface area (Å²) < 4.78 is 0. The van der Waals surface area contributed by atoms with Gasteiger partial charge >= 0.3 is 0 Å². The standard InChI is InChI=1S/C19H17NO3/c21-18(16-12-8-9-13(10-12)17(16)19(22)23)20-15-7-3-5-11-4-1-2-6-14(11)15/h1-9,12-13,16-17H,10H2,(H,20,21)(H,22,23)/p-1/t12-,13+,16+,17-/m1/s1. The fourth-order valence-electron chi connectivity index (χ4n) is 4.05. The number of amides is 1. The molecule has 1 saturated carbocycles. The SMILES string of the molecule is O=C(Nc1cccc2ccccc12)[C@@H]1[C@H](C(=O)[O-])[C@H]2C=C[C@@H]1C2. The normalized spacial score (nSPS) is 28.2. The number of carboxylic acids is 1. The third-order valence-electron chi connectivity index (χ3n) is 5.08. The second kappa shape index (κ2) is 5.23. The van der Waals surface area contributed by atoms with E-state index in [0.717, 1.165) is 22.9 Å². The number of hydrogen-bond donors (Lipinski definition) is 1. The number of hydrogen-bond acceptors (Lipinski definition) is 3. The maximum atomic E-state index is 12.7. The molecule has 0 saturated heterocycles. The lowest BCUT2D eigenvalue weighted by atomic mass is 9.82. The minimum absolute atomic E-state index is 0.00197. The van der Waals surface area contributed by atoms with Gasteiger partial charge in [0.1, 0.15) is 0 Å². The molecule has 2 aromatic carbocycles.